The van der Waals surface area contributed by atoms with Crippen LogP contribution in [0.3, 0.4) is 0 Å². The maximum Gasteiger partial charge on any atom is 0.185 e. The van der Waals surface area contributed by atoms with E-state index in [1.165, 1.54) is 23.8 Å². The van der Waals surface area contributed by atoms with Crippen LogP contribution in [0.15, 0.2) is 51.1 Å². The van der Waals surface area contributed by atoms with E-state index in [1.54, 1.807) is 29.5 Å². The summed E-state index contributed by atoms with van der Waals surface area (Å²) in [6.07, 6.45) is 1.97. The van der Waals surface area contributed by atoms with Gasteiger partial charge in [-0.15, -0.1) is 11.3 Å². The van der Waals surface area contributed by atoms with E-state index < -0.39 is 15.1 Å². The zero-order valence-corrected chi connectivity index (χ0v) is 21.7. The Labute approximate surface area is 202 Å². The monoisotopic (exact) mass is 534 g/mol. The number of piperidine rings is 1. The van der Waals surface area contributed by atoms with Crippen molar-refractivity contribution in [3.63, 3.8) is 0 Å². The first-order chi connectivity index (χ1) is 15.3. The van der Waals surface area contributed by atoms with Gasteiger partial charge in [0.25, 0.3) is 0 Å². The number of hydrogen-bond donors (Lipinski definition) is 0. The number of ether oxygens (including phenoxy) is 1. The molecule has 0 atom stereocenters. The minimum atomic E-state index is -3.48. The second-order valence-corrected chi connectivity index (χ2v) is 12.1. The Morgan fingerprint density at radius 3 is 2.50 bits per heavy atom. The van der Waals surface area contributed by atoms with Crippen molar-refractivity contribution in [2.75, 3.05) is 25.1 Å². The number of thiazole rings is 1. The van der Waals surface area contributed by atoms with E-state index in [0.717, 1.165) is 21.7 Å². The highest BCUT2D eigenvalue weighted by molar-refractivity contribution is 9.10. The van der Waals surface area contributed by atoms with E-state index in [0.29, 0.717) is 31.7 Å². The molecule has 0 spiro atoms. The summed E-state index contributed by atoms with van der Waals surface area (Å²) in [6.45, 7) is 5.63. The summed E-state index contributed by atoms with van der Waals surface area (Å²) in [5, 5.41) is 2.68. The number of sulfone groups is 1. The highest BCUT2D eigenvalue weighted by atomic mass is 79.9. The molecule has 0 N–H and O–H groups in total. The lowest BCUT2D eigenvalue weighted by molar-refractivity contribution is 0.401. The zero-order valence-electron chi connectivity index (χ0n) is 18.5. The molecule has 0 amide bonds. The number of anilines is 1. The Morgan fingerprint density at radius 2 is 1.84 bits per heavy atom. The van der Waals surface area contributed by atoms with E-state index in [1.807, 2.05) is 0 Å². The molecule has 0 bridgehead atoms. The van der Waals surface area contributed by atoms with Crippen LogP contribution >= 0.6 is 27.3 Å². The van der Waals surface area contributed by atoms with E-state index in [4.69, 9.17) is 9.72 Å². The van der Waals surface area contributed by atoms with Crippen molar-refractivity contribution in [1.29, 1.82) is 0 Å². The first-order valence-corrected chi connectivity index (χ1v) is 13.8. The van der Waals surface area contributed by atoms with Gasteiger partial charge in [-0.05, 0) is 61.6 Å². The van der Waals surface area contributed by atoms with Gasteiger partial charge >= 0.3 is 0 Å². The van der Waals surface area contributed by atoms with Crippen LogP contribution in [0.2, 0.25) is 0 Å². The number of aromatic nitrogens is 1. The Hall–Kier alpha value is -1.90. The van der Waals surface area contributed by atoms with Gasteiger partial charge in [0.1, 0.15) is 10.6 Å². The zero-order chi connectivity index (χ0) is 22.9. The summed E-state index contributed by atoms with van der Waals surface area (Å²) in [6, 6.07) is 11.5. The lowest BCUT2D eigenvalue weighted by Gasteiger charge is -2.31. The average Bonchev–Trinajstić information content (AvgIpc) is 3.25. The van der Waals surface area contributed by atoms with Crippen molar-refractivity contribution in [3.05, 3.63) is 68.6 Å². The Kier molecular flexibility index (Phi) is 6.93. The molecular weight excluding hydrogens is 508 g/mol. The SMILES string of the molecule is COc1ccc(Br)cc1S(=O)(=O)C1CCN(c2nc(Cc3c(C)cccc3C)cs2)CC1. The number of nitrogens with zero attached hydrogens (tertiary/aromatic N) is 2. The van der Waals surface area contributed by atoms with Crippen molar-refractivity contribution in [1.82, 2.24) is 4.98 Å². The average molecular weight is 536 g/mol. The van der Waals surface area contributed by atoms with Crippen molar-refractivity contribution < 1.29 is 13.2 Å². The molecule has 1 fully saturated rings. The maximum atomic E-state index is 13.3. The van der Waals surface area contributed by atoms with Crippen LogP contribution in [0.5, 0.6) is 5.75 Å². The van der Waals surface area contributed by atoms with Crippen LogP contribution in [0.25, 0.3) is 0 Å². The molecule has 5 nitrogen and oxygen atoms in total. The number of aryl methyl sites for hydroxylation is 2. The second-order valence-electron chi connectivity index (χ2n) is 8.20. The molecule has 3 aromatic rings. The van der Waals surface area contributed by atoms with Crippen LogP contribution in [0.4, 0.5) is 5.13 Å². The highest BCUT2D eigenvalue weighted by Gasteiger charge is 2.34. The minimum absolute atomic E-state index is 0.262. The molecule has 4 rings (SSSR count). The van der Waals surface area contributed by atoms with Crippen LogP contribution in [0.1, 0.15) is 35.2 Å². The number of benzene rings is 2. The van der Waals surface area contributed by atoms with Gasteiger partial charge in [-0.1, -0.05) is 34.1 Å². The molecule has 2 heterocycles. The fourth-order valence-electron chi connectivity index (χ4n) is 4.24. The van der Waals surface area contributed by atoms with Crippen LogP contribution in [-0.4, -0.2) is 38.9 Å². The van der Waals surface area contributed by atoms with Gasteiger partial charge in [0.15, 0.2) is 15.0 Å². The summed E-state index contributed by atoms with van der Waals surface area (Å²) in [5.41, 5.74) is 4.97. The molecule has 0 unspecified atom stereocenters. The van der Waals surface area contributed by atoms with Gasteiger partial charge in [0.2, 0.25) is 0 Å². The molecule has 2 aromatic carbocycles. The van der Waals surface area contributed by atoms with Gasteiger partial charge in [-0.2, -0.15) is 0 Å². The molecule has 0 saturated carbocycles. The molecule has 8 heteroatoms. The van der Waals surface area contributed by atoms with E-state index in [9.17, 15) is 8.42 Å². The first-order valence-electron chi connectivity index (χ1n) is 10.6. The van der Waals surface area contributed by atoms with E-state index >= 15 is 0 Å². The third-order valence-electron chi connectivity index (χ3n) is 6.13. The molecule has 1 aliphatic heterocycles. The summed E-state index contributed by atoms with van der Waals surface area (Å²) in [5.74, 6) is 0.395. The molecular formula is C24H27BrN2O3S2. The number of rotatable bonds is 6. The van der Waals surface area contributed by atoms with E-state index in [-0.39, 0.29) is 4.90 Å². The van der Waals surface area contributed by atoms with Gasteiger partial charge in [0, 0.05) is 29.4 Å². The summed E-state index contributed by atoms with van der Waals surface area (Å²) in [7, 11) is -1.97. The number of methoxy groups -OCH3 is 1. The van der Waals surface area contributed by atoms with Crippen molar-refractivity contribution in [2.24, 2.45) is 0 Å². The molecule has 0 radical (unpaired) electrons. The highest BCUT2D eigenvalue weighted by Crippen LogP contribution is 2.34. The second kappa shape index (κ2) is 9.53. The molecule has 1 saturated heterocycles. The quantitative estimate of drug-likeness (QED) is 0.414. The summed E-state index contributed by atoms with van der Waals surface area (Å²) in [4.78, 5) is 7.34. The third-order valence-corrected chi connectivity index (χ3v) is 9.85. The lowest BCUT2D eigenvalue weighted by Crippen LogP contribution is -2.39. The largest absolute Gasteiger partial charge is 0.495 e. The van der Waals surface area contributed by atoms with Crippen LogP contribution < -0.4 is 9.64 Å². The fraction of sp³-hybridized carbons (Fsp3) is 0.375. The van der Waals surface area contributed by atoms with Gasteiger partial charge < -0.3 is 9.64 Å². The lowest BCUT2D eigenvalue weighted by atomic mass is 9.99. The standard InChI is InChI=1S/C24H27BrN2O3S2/c1-16-5-4-6-17(2)21(16)14-19-15-31-24(26-19)27-11-9-20(10-12-27)32(28,29)23-13-18(25)7-8-22(23)30-3/h4-8,13,15,20H,9-12,14H2,1-3H3. The van der Waals surface area contributed by atoms with E-state index in [2.05, 4.69) is 58.3 Å². The molecule has 170 valence electrons. The molecule has 1 aliphatic rings. The summed E-state index contributed by atoms with van der Waals surface area (Å²) < 4.78 is 32.6. The smallest absolute Gasteiger partial charge is 0.185 e. The summed E-state index contributed by atoms with van der Waals surface area (Å²) >= 11 is 5.02. The predicted molar refractivity (Wildman–Crippen MR) is 134 cm³/mol. The van der Waals surface area contributed by atoms with Gasteiger partial charge in [0.05, 0.1) is 18.1 Å². The molecule has 32 heavy (non-hydrogen) atoms. The van der Waals surface area contributed by atoms with Crippen molar-refractivity contribution >= 4 is 42.2 Å². The fourth-order valence-corrected chi connectivity index (χ4v) is 7.55. The third kappa shape index (κ3) is 4.72. The predicted octanol–water partition coefficient (Wildman–Crippen LogP) is 5.56. The van der Waals surface area contributed by atoms with Gasteiger partial charge in [-0.25, -0.2) is 13.4 Å². The molecule has 0 aliphatic carbocycles. The Bertz CT molecular complexity index is 1200. The minimum Gasteiger partial charge on any atom is -0.495 e. The number of halogens is 1. The molecule has 1 aromatic heterocycles. The normalized spacial score (nSPS) is 15.2. The van der Waals surface area contributed by atoms with Crippen LogP contribution in [-0.2, 0) is 16.3 Å². The topological polar surface area (TPSA) is 59.5 Å². The first kappa shape index (κ1) is 23.3. The van der Waals surface area contributed by atoms with Gasteiger partial charge in [-0.3, -0.25) is 0 Å². The Morgan fingerprint density at radius 1 is 1.16 bits per heavy atom. The Balaban J connectivity index is 1.45. The van der Waals surface area contributed by atoms with Crippen molar-refractivity contribution in [3.8, 4) is 5.75 Å². The number of hydrogen-bond acceptors (Lipinski definition) is 6. The van der Waals surface area contributed by atoms with Crippen LogP contribution in [0, 0.1) is 13.8 Å². The van der Waals surface area contributed by atoms with Crippen molar-refractivity contribution in [2.45, 2.75) is 43.3 Å². The maximum absolute atomic E-state index is 13.3.